The minimum absolute atomic E-state index is 0. The Morgan fingerprint density at radius 2 is 0.500 bits per heavy atom. The predicted molar refractivity (Wildman–Crippen MR) is 143 cm³/mol. The van der Waals surface area contributed by atoms with Gasteiger partial charge in [-0.1, -0.05) is 30.3 Å². The summed E-state index contributed by atoms with van der Waals surface area (Å²) in [4.78, 5) is 68.2. The van der Waals surface area contributed by atoms with E-state index >= 15 is 0 Å². The van der Waals surface area contributed by atoms with Gasteiger partial charge in [-0.25, -0.2) is 0 Å². The normalized spacial score (nSPS) is 8.70. The molecule has 0 N–H and O–H groups in total. The van der Waals surface area contributed by atoms with Gasteiger partial charge in [-0.3, -0.25) is 24.9 Å². The van der Waals surface area contributed by atoms with Gasteiger partial charge in [0.2, 0.25) is 0 Å². The summed E-state index contributed by atoms with van der Waals surface area (Å²) in [6.45, 7) is 0. The minimum atomic E-state index is -1.19. The Balaban J connectivity index is 0.000000547. The van der Waals surface area contributed by atoms with E-state index in [1.165, 1.54) is 92.3 Å². The molecule has 0 bridgehead atoms. The van der Waals surface area contributed by atoms with Gasteiger partial charge in [0.1, 0.15) is 0 Å². The van der Waals surface area contributed by atoms with Gasteiger partial charge in [0.25, 0.3) is 0 Å². The summed E-state index contributed by atoms with van der Waals surface area (Å²) in [5.74, 6) is -5.96. The van der Waals surface area contributed by atoms with Gasteiger partial charge in [0, 0.05) is 108 Å². The first-order valence-corrected chi connectivity index (χ1v) is 12.1. The van der Waals surface area contributed by atoms with Gasteiger partial charge in [-0.15, -0.1) is 0 Å². The van der Waals surface area contributed by atoms with Crippen LogP contribution in [0.4, 0.5) is 0 Å². The quantitative estimate of drug-likeness (QED) is 0.184. The van der Waals surface area contributed by atoms with Gasteiger partial charge in [0.05, 0.1) is 29.8 Å². The molecule has 5 rings (SSSR count). The monoisotopic (exact) mass is 661 g/mol. The molecule has 0 aliphatic heterocycles. The van der Waals surface area contributed by atoms with E-state index in [4.69, 9.17) is 0 Å². The molecule has 0 spiro atoms. The third-order valence-electron chi connectivity index (χ3n) is 4.49. The van der Waals surface area contributed by atoms with Crippen LogP contribution in [0.5, 0.6) is 0 Å². The molecule has 5 aromatic heterocycles. The fraction of sp³-hybridized carbons (Fsp3) is 0. The molecule has 0 aliphatic rings. The minimum Gasteiger partial charge on any atom is -0.545 e. The van der Waals surface area contributed by atoms with Crippen LogP contribution in [0.2, 0.25) is 0 Å². The summed E-state index contributed by atoms with van der Waals surface area (Å²) in [5, 5.41) is 50.2. The molecule has 16 heteroatoms. The second-order valence-electron chi connectivity index (χ2n) is 7.65. The summed E-state index contributed by atoms with van der Waals surface area (Å²) >= 11 is 0. The van der Waals surface area contributed by atoms with E-state index in [0.29, 0.717) is 0 Å². The van der Waals surface area contributed by atoms with E-state index in [2.05, 4.69) is 24.9 Å². The van der Waals surface area contributed by atoms with Crippen molar-refractivity contribution in [1.29, 1.82) is 0 Å². The Bertz CT molecular complexity index is 1330. The summed E-state index contributed by atoms with van der Waals surface area (Å²) in [6.07, 6.45) is 13.8. The maximum Gasteiger partial charge on any atom is 0.0730 e. The van der Waals surface area contributed by atoms with Gasteiger partial charge < -0.3 is 49.5 Å². The molecule has 5 aromatic rings. The molecule has 0 unspecified atom stereocenters. The Kier molecular flexibility index (Phi) is 20.0. The zero-order valence-corrected chi connectivity index (χ0v) is 24.7. The topological polar surface area (TPSA) is 265 Å². The molecule has 0 saturated carbocycles. The largest absolute Gasteiger partial charge is 0.545 e. The molecule has 5 heterocycles. The average molecular weight is 661 g/mol. The van der Waals surface area contributed by atoms with Gasteiger partial charge >= 0.3 is 0 Å². The number of aromatic carboxylic acids is 5. The smallest absolute Gasteiger partial charge is 0.0730 e. The van der Waals surface area contributed by atoms with Crippen molar-refractivity contribution in [2.75, 3.05) is 0 Å². The first kappa shape index (κ1) is 39.7. The van der Waals surface area contributed by atoms with Gasteiger partial charge in [-0.2, -0.15) is 0 Å². The summed E-state index contributed by atoms with van der Waals surface area (Å²) in [5.41, 5.74) is 0.544. The molecule has 0 atom stereocenters. The molecule has 15 nitrogen and oxygen atoms in total. The van der Waals surface area contributed by atoms with Crippen LogP contribution in [-0.4, -0.2) is 54.8 Å². The van der Waals surface area contributed by atoms with E-state index in [0.717, 1.165) is 0 Å². The Morgan fingerprint density at radius 3 is 0.565 bits per heavy atom. The number of rotatable bonds is 5. The standard InChI is InChI=1S/5C6H5NO2.V/c5*8-6(9)5-2-1-3-7-4-5;/h5*1-4H,(H,8,9);/p-5. The number of carboxylic acids is 5. The van der Waals surface area contributed by atoms with Crippen LogP contribution in [0, 0.1) is 0 Å². The van der Waals surface area contributed by atoms with Gasteiger partial charge in [-0.05, 0) is 30.3 Å². The van der Waals surface area contributed by atoms with E-state index < -0.39 is 29.8 Å². The first-order chi connectivity index (χ1) is 21.5. The molecule has 0 aromatic carbocycles. The third kappa shape index (κ3) is 17.6. The maximum absolute atomic E-state index is 10.0. The molecule has 0 saturated heterocycles. The number of aromatic nitrogens is 5. The molecule has 0 fully saturated rings. The second kappa shape index (κ2) is 23.2. The van der Waals surface area contributed by atoms with Crippen molar-refractivity contribution in [1.82, 2.24) is 24.9 Å². The summed E-state index contributed by atoms with van der Waals surface area (Å²) in [6, 6.07) is 14.9. The number of hydrogen-bond donors (Lipinski definition) is 0. The molecule has 235 valence electrons. The Morgan fingerprint density at radius 1 is 0.348 bits per heavy atom. The van der Waals surface area contributed by atoms with Crippen molar-refractivity contribution >= 4 is 29.8 Å². The number of nitrogens with zero attached hydrogens (tertiary/aromatic N) is 5. The molecule has 1 radical (unpaired) electrons. The van der Waals surface area contributed by atoms with Crippen molar-refractivity contribution in [3.63, 3.8) is 0 Å². The van der Waals surface area contributed by atoms with Gasteiger partial charge in [0.15, 0.2) is 0 Å². The molecular formula is C30H20N5O10V-5. The fourth-order valence-electron chi connectivity index (χ4n) is 2.42. The van der Waals surface area contributed by atoms with Crippen LogP contribution < -0.4 is 25.5 Å². The number of carbonyl (C=O) groups is 5. The van der Waals surface area contributed by atoms with Crippen molar-refractivity contribution in [3.8, 4) is 0 Å². The van der Waals surface area contributed by atoms with E-state index in [1.807, 2.05) is 0 Å². The number of carbonyl (C=O) groups excluding carboxylic acids is 5. The number of hydrogen-bond acceptors (Lipinski definition) is 15. The van der Waals surface area contributed by atoms with Crippen molar-refractivity contribution < 1.29 is 68.1 Å². The van der Waals surface area contributed by atoms with Crippen molar-refractivity contribution in [2.24, 2.45) is 0 Å². The van der Waals surface area contributed by atoms with Crippen LogP contribution in [0.15, 0.2) is 123 Å². The van der Waals surface area contributed by atoms with Crippen molar-refractivity contribution in [3.05, 3.63) is 150 Å². The SMILES string of the molecule is O=C([O-])c1cccnc1.O=C([O-])c1cccnc1.O=C([O-])c1cccnc1.O=C([O-])c1cccnc1.O=C([O-])c1cccnc1.[V]. The van der Waals surface area contributed by atoms with Crippen LogP contribution >= 0.6 is 0 Å². The zero-order valence-electron chi connectivity index (χ0n) is 23.3. The number of pyridine rings is 5. The van der Waals surface area contributed by atoms with Crippen LogP contribution in [0.25, 0.3) is 0 Å². The molecule has 0 aliphatic carbocycles. The van der Waals surface area contributed by atoms with E-state index in [1.54, 1.807) is 30.3 Å². The summed E-state index contributed by atoms with van der Waals surface area (Å²) < 4.78 is 0. The predicted octanol–water partition coefficient (Wildman–Crippen LogP) is -2.78. The maximum atomic E-state index is 10.0. The second-order valence-corrected chi connectivity index (χ2v) is 7.65. The van der Waals surface area contributed by atoms with Crippen LogP contribution in [-0.2, 0) is 18.6 Å². The van der Waals surface area contributed by atoms with Crippen LogP contribution in [0.1, 0.15) is 51.8 Å². The van der Waals surface area contributed by atoms with E-state index in [-0.39, 0.29) is 46.4 Å². The zero-order chi connectivity index (χ0) is 33.5. The third-order valence-corrected chi connectivity index (χ3v) is 4.49. The van der Waals surface area contributed by atoms with Crippen molar-refractivity contribution in [2.45, 2.75) is 0 Å². The Labute approximate surface area is 272 Å². The Hall–Kier alpha value is -6.32. The summed E-state index contributed by atoms with van der Waals surface area (Å²) in [7, 11) is 0. The molecular weight excluding hydrogens is 641 g/mol. The first-order valence-electron chi connectivity index (χ1n) is 12.1. The molecule has 0 amide bonds. The number of carboxylic acid groups (broad SMARTS) is 5. The van der Waals surface area contributed by atoms with Crippen LogP contribution in [0.3, 0.4) is 0 Å². The molecule has 46 heavy (non-hydrogen) atoms. The average Bonchev–Trinajstić information content (AvgIpc) is 3.08. The fourth-order valence-corrected chi connectivity index (χ4v) is 2.42. The van der Waals surface area contributed by atoms with E-state index in [9.17, 15) is 49.5 Å².